The van der Waals surface area contributed by atoms with Crippen LogP contribution in [0.25, 0.3) is 0 Å². The minimum absolute atomic E-state index is 0.100. The van der Waals surface area contributed by atoms with Gasteiger partial charge < -0.3 is 20.5 Å². The number of amides is 2. The largest absolute Gasteiger partial charge is 0.550 e. The van der Waals surface area contributed by atoms with Crippen molar-refractivity contribution in [2.75, 3.05) is 10.6 Å². The molecule has 136 valence electrons. The van der Waals surface area contributed by atoms with Gasteiger partial charge in [-0.2, -0.15) is 0 Å². The summed E-state index contributed by atoms with van der Waals surface area (Å²) in [6, 6.07) is 12.2. The Morgan fingerprint density at radius 1 is 0.846 bits per heavy atom. The molecule has 2 amide bonds. The Morgan fingerprint density at radius 3 is 2.12 bits per heavy atom. The zero-order valence-corrected chi connectivity index (χ0v) is 14.8. The van der Waals surface area contributed by atoms with Gasteiger partial charge in [0.15, 0.2) is 0 Å². The first-order valence-electron chi connectivity index (χ1n) is 8.33. The van der Waals surface area contributed by atoms with Crippen LogP contribution in [0.5, 0.6) is 0 Å². The highest BCUT2D eigenvalue weighted by atomic mass is 16.4. The number of nitrogens with one attached hydrogen (secondary N) is 2. The number of anilines is 2. The molecule has 0 aliphatic heterocycles. The smallest absolute Gasteiger partial charge is 0.255 e. The summed E-state index contributed by atoms with van der Waals surface area (Å²) >= 11 is 0. The quantitative estimate of drug-likeness (QED) is 0.798. The number of aliphatic carboxylic acids is 1. The molecule has 2 aromatic rings. The summed E-state index contributed by atoms with van der Waals surface area (Å²) in [5, 5.41) is 15.8. The van der Waals surface area contributed by atoms with Gasteiger partial charge in [0.1, 0.15) is 0 Å². The van der Waals surface area contributed by atoms with Crippen LogP contribution in [0, 0.1) is 13.8 Å². The van der Waals surface area contributed by atoms with Gasteiger partial charge in [0.25, 0.3) is 5.91 Å². The highest BCUT2D eigenvalue weighted by Crippen LogP contribution is 2.16. The number of aryl methyl sites for hydroxylation is 2. The molecule has 2 rings (SSSR count). The molecule has 0 unspecified atom stereocenters. The minimum Gasteiger partial charge on any atom is -0.550 e. The van der Waals surface area contributed by atoms with Gasteiger partial charge in [0, 0.05) is 29.3 Å². The van der Waals surface area contributed by atoms with Crippen molar-refractivity contribution >= 4 is 29.2 Å². The molecule has 0 aliphatic carbocycles. The lowest BCUT2D eigenvalue weighted by atomic mass is 10.1. The Labute approximate surface area is 152 Å². The van der Waals surface area contributed by atoms with Gasteiger partial charge in [-0.3, -0.25) is 9.59 Å². The lowest BCUT2D eigenvalue weighted by Crippen LogP contribution is -2.22. The minimum atomic E-state index is -1.17. The molecule has 0 saturated carbocycles. The van der Waals surface area contributed by atoms with Crippen molar-refractivity contribution in [3.05, 3.63) is 59.2 Å². The van der Waals surface area contributed by atoms with E-state index in [1.165, 1.54) is 0 Å². The second kappa shape index (κ2) is 8.80. The summed E-state index contributed by atoms with van der Waals surface area (Å²) in [5.41, 5.74) is 4.00. The van der Waals surface area contributed by atoms with Gasteiger partial charge in [-0.1, -0.05) is 6.07 Å². The Morgan fingerprint density at radius 2 is 1.50 bits per heavy atom. The second-order valence-corrected chi connectivity index (χ2v) is 6.10. The van der Waals surface area contributed by atoms with Crippen LogP contribution < -0.4 is 15.7 Å². The average molecular weight is 353 g/mol. The molecular weight excluding hydrogens is 332 g/mol. The van der Waals surface area contributed by atoms with Crippen LogP contribution in [0.15, 0.2) is 42.5 Å². The van der Waals surface area contributed by atoms with Gasteiger partial charge >= 0.3 is 0 Å². The molecule has 0 aliphatic rings. The number of carboxylic acid groups (broad SMARTS) is 1. The number of rotatable bonds is 7. The summed E-state index contributed by atoms with van der Waals surface area (Å²) in [6.07, 6.45) is 0.179. The summed E-state index contributed by atoms with van der Waals surface area (Å²) in [4.78, 5) is 34.3. The molecule has 0 spiro atoms. The zero-order valence-electron chi connectivity index (χ0n) is 14.8. The van der Waals surface area contributed by atoms with E-state index in [0.29, 0.717) is 11.3 Å². The van der Waals surface area contributed by atoms with E-state index >= 15 is 0 Å². The van der Waals surface area contributed by atoms with Gasteiger partial charge in [-0.25, -0.2) is 0 Å². The van der Waals surface area contributed by atoms with Crippen molar-refractivity contribution in [2.24, 2.45) is 0 Å². The maximum Gasteiger partial charge on any atom is 0.255 e. The molecule has 6 nitrogen and oxygen atoms in total. The van der Waals surface area contributed by atoms with E-state index in [2.05, 4.69) is 10.6 Å². The van der Waals surface area contributed by atoms with Gasteiger partial charge in [0.05, 0.1) is 0 Å². The first-order chi connectivity index (χ1) is 12.3. The first-order valence-corrected chi connectivity index (χ1v) is 8.33. The maximum atomic E-state index is 12.3. The van der Waals surface area contributed by atoms with Crippen LogP contribution >= 0.6 is 0 Å². The summed E-state index contributed by atoms with van der Waals surface area (Å²) < 4.78 is 0. The number of hydrogen-bond acceptors (Lipinski definition) is 4. The number of carbonyl (C=O) groups excluding carboxylic acids is 3. The van der Waals surface area contributed by atoms with Crippen molar-refractivity contribution in [3.63, 3.8) is 0 Å². The van der Waals surface area contributed by atoms with E-state index in [1.54, 1.807) is 24.3 Å². The number of carboxylic acids is 1. The molecule has 0 atom stereocenters. The van der Waals surface area contributed by atoms with E-state index in [0.717, 1.165) is 16.8 Å². The molecule has 0 saturated heterocycles. The Hall–Kier alpha value is -3.15. The summed E-state index contributed by atoms with van der Waals surface area (Å²) in [6.45, 7) is 3.99. The Kier molecular flexibility index (Phi) is 6.49. The predicted molar refractivity (Wildman–Crippen MR) is 97.8 cm³/mol. The van der Waals surface area contributed by atoms with Crippen molar-refractivity contribution in [1.29, 1.82) is 0 Å². The molecular formula is C20H21N2O4-. The van der Waals surface area contributed by atoms with E-state index in [-0.39, 0.29) is 31.1 Å². The Bertz CT molecular complexity index is 813. The predicted octanol–water partition coefficient (Wildman–Crippen LogP) is 2.41. The SMILES string of the molecule is Cc1ccc(NC(=O)c2ccc(NC(=O)CCCC(=O)[O-])cc2)cc1C. The van der Waals surface area contributed by atoms with Gasteiger partial charge in [-0.05, 0) is 74.2 Å². The molecule has 26 heavy (non-hydrogen) atoms. The van der Waals surface area contributed by atoms with Gasteiger partial charge in [0.2, 0.25) is 5.91 Å². The highest BCUT2D eigenvalue weighted by molar-refractivity contribution is 6.04. The van der Waals surface area contributed by atoms with E-state index in [1.807, 2.05) is 32.0 Å². The van der Waals surface area contributed by atoms with Crippen LogP contribution in [0.1, 0.15) is 40.7 Å². The molecule has 2 N–H and O–H groups in total. The fourth-order valence-corrected chi connectivity index (χ4v) is 2.34. The summed E-state index contributed by atoms with van der Waals surface area (Å²) in [5.74, 6) is -1.68. The first kappa shape index (κ1) is 19.2. The third kappa shape index (κ3) is 5.73. The van der Waals surface area contributed by atoms with Crippen molar-refractivity contribution in [1.82, 2.24) is 0 Å². The third-order valence-corrected chi connectivity index (χ3v) is 3.98. The monoisotopic (exact) mass is 353 g/mol. The molecule has 0 heterocycles. The Balaban J connectivity index is 1.91. The molecule has 2 aromatic carbocycles. The van der Waals surface area contributed by atoms with Gasteiger partial charge in [-0.15, -0.1) is 0 Å². The molecule has 0 aromatic heterocycles. The van der Waals surface area contributed by atoms with Crippen molar-refractivity contribution in [2.45, 2.75) is 33.1 Å². The fourth-order valence-electron chi connectivity index (χ4n) is 2.34. The molecule has 0 radical (unpaired) electrons. The van der Waals surface area contributed by atoms with E-state index in [4.69, 9.17) is 0 Å². The second-order valence-electron chi connectivity index (χ2n) is 6.10. The normalized spacial score (nSPS) is 10.2. The fraction of sp³-hybridized carbons (Fsp3) is 0.250. The van der Waals surface area contributed by atoms with Crippen LogP contribution in [0.2, 0.25) is 0 Å². The molecule has 0 fully saturated rings. The van der Waals surface area contributed by atoms with Crippen molar-refractivity contribution in [3.8, 4) is 0 Å². The number of benzene rings is 2. The standard InChI is InChI=1S/C20H22N2O4/c1-13-6-9-17(12-14(13)2)22-20(26)15-7-10-16(11-8-15)21-18(23)4-3-5-19(24)25/h6-12H,3-5H2,1-2H3,(H,21,23)(H,22,26)(H,24,25)/p-1. The maximum absolute atomic E-state index is 12.3. The zero-order chi connectivity index (χ0) is 19.1. The van der Waals surface area contributed by atoms with Crippen LogP contribution in [-0.2, 0) is 9.59 Å². The van der Waals surface area contributed by atoms with E-state index < -0.39 is 5.97 Å². The molecule has 0 bridgehead atoms. The van der Waals surface area contributed by atoms with Crippen molar-refractivity contribution < 1.29 is 19.5 Å². The lowest BCUT2D eigenvalue weighted by Gasteiger charge is -2.09. The number of carbonyl (C=O) groups is 3. The lowest BCUT2D eigenvalue weighted by molar-refractivity contribution is -0.305. The molecule has 6 heteroatoms. The highest BCUT2D eigenvalue weighted by Gasteiger charge is 2.08. The van der Waals surface area contributed by atoms with E-state index in [9.17, 15) is 19.5 Å². The van der Waals surface area contributed by atoms with Crippen LogP contribution in [-0.4, -0.2) is 17.8 Å². The van der Waals surface area contributed by atoms with Crippen LogP contribution in [0.4, 0.5) is 11.4 Å². The summed E-state index contributed by atoms with van der Waals surface area (Å²) in [7, 11) is 0. The number of hydrogen-bond donors (Lipinski definition) is 2. The topological polar surface area (TPSA) is 98.3 Å². The van der Waals surface area contributed by atoms with Crippen LogP contribution in [0.3, 0.4) is 0 Å². The average Bonchev–Trinajstić information content (AvgIpc) is 2.58. The third-order valence-electron chi connectivity index (χ3n) is 3.98.